The molecule has 0 radical (unpaired) electrons. The first kappa shape index (κ1) is 15.9. The van der Waals surface area contributed by atoms with E-state index >= 15 is 0 Å². The van der Waals surface area contributed by atoms with E-state index in [9.17, 15) is 9.18 Å². The van der Waals surface area contributed by atoms with Gasteiger partial charge in [0.2, 0.25) is 0 Å². The van der Waals surface area contributed by atoms with Crippen molar-refractivity contribution in [3.8, 4) is 11.5 Å². The zero-order chi connectivity index (χ0) is 17.3. The van der Waals surface area contributed by atoms with Crippen LogP contribution in [0.2, 0.25) is 0 Å². The summed E-state index contributed by atoms with van der Waals surface area (Å²) in [5.41, 5.74) is 1.14. The Morgan fingerprint density at radius 1 is 1.12 bits per heavy atom. The second kappa shape index (κ2) is 6.23. The molecule has 1 heterocycles. The van der Waals surface area contributed by atoms with Crippen LogP contribution in [0.25, 0.3) is 11.0 Å². The number of ether oxygens (including phenoxy) is 2. The number of hydrogen-bond acceptors (Lipinski definition) is 4. The number of rotatable bonds is 4. The Morgan fingerprint density at radius 2 is 1.79 bits per heavy atom. The molecule has 0 aliphatic heterocycles. The van der Waals surface area contributed by atoms with Crippen LogP contribution in [0.15, 0.2) is 40.8 Å². The predicted molar refractivity (Wildman–Crippen MR) is 88.4 cm³/mol. The van der Waals surface area contributed by atoms with Crippen molar-refractivity contribution >= 4 is 22.6 Å². The van der Waals surface area contributed by atoms with E-state index in [0.29, 0.717) is 28.1 Å². The lowest BCUT2D eigenvalue weighted by Gasteiger charge is -2.09. The van der Waals surface area contributed by atoms with E-state index in [0.717, 1.165) is 0 Å². The maximum atomic E-state index is 13.8. The summed E-state index contributed by atoms with van der Waals surface area (Å²) < 4.78 is 29.6. The molecule has 124 valence electrons. The molecule has 0 saturated heterocycles. The van der Waals surface area contributed by atoms with Gasteiger partial charge in [-0.05, 0) is 13.0 Å². The molecule has 1 aromatic heterocycles. The van der Waals surface area contributed by atoms with Crippen LogP contribution in [0, 0.1) is 12.7 Å². The van der Waals surface area contributed by atoms with Crippen molar-refractivity contribution in [2.45, 2.75) is 6.92 Å². The highest BCUT2D eigenvalue weighted by Gasteiger charge is 2.20. The molecular formula is C18H16FNO4. The molecule has 0 unspecified atom stereocenters. The Labute approximate surface area is 138 Å². The number of methoxy groups -OCH3 is 2. The van der Waals surface area contributed by atoms with Gasteiger partial charge in [0.25, 0.3) is 5.91 Å². The number of halogens is 1. The molecular weight excluding hydrogens is 313 g/mol. The zero-order valence-corrected chi connectivity index (χ0v) is 13.5. The normalized spacial score (nSPS) is 10.7. The summed E-state index contributed by atoms with van der Waals surface area (Å²) in [4.78, 5) is 12.5. The van der Waals surface area contributed by atoms with Gasteiger partial charge in [-0.3, -0.25) is 4.79 Å². The smallest absolute Gasteiger partial charge is 0.291 e. The molecule has 0 spiro atoms. The summed E-state index contributed by atoms with van der Waals surface area (Å²) in [5, 5.41) is 3.29. The Morgan fingerprint density at radius 3 is 2.38 bits per heavy atom. The van der Waals surface area contributed by atoms with E-state index in [-0.39, 0.29) is 11.3 Å². The van der Waals surface area contributed by atoms with Crippen LogP contribution in [0.4, 0.5) is 10.1 Å². The summed E-state index contributed by atoms with van der Waals surface area (Å²) in [7, 11) is 3.04. The van der Waals surface area contributed by atoms with Crippen LogP contribution < -0.4 is 14.8 Å². The molecule has 24 heavy (non-hydrogen) atoms. The minimum absolute atomic E-state index is 0.0666. The molecule has 0 aliphatic carbocycles. The van der Waals surface area contributed by atoms with E-state index in [1.54, 1.807) is 37.3 Å². The number of benzene rings is 2. The minimum Gasteiger partial charge on any atom is -0.497 e. The van der Waals surface area contributed by atoms with E-state index in [4.69, 9.17) is 13.9 Å². The van der Waals surface area contributed by atoms with Gasteiger partial charge in [0.1, 0.15) is 11.5 Å². The topological polar surface area (TPSA) is 60.7 Å². The van der Waals surface area contributed by atoms with Gasteiger partial charge in [0, 0.05) is 34.8 Å². The van der Waals surface area contributed by atoms with Crippen LogP contribution >= 0.6 is 0 Å². The number of carbonyl (C=O) groups excluding carboxylic acids is 1. The van der Waals surface area contributed by atoms with Crippen LogP contribution in [0.3, 0.4) is 0 Å². The number of amides is 1. The fourth-order valence-corrected chi connectivity index (χ4v) is 2.49. The van der Waals surface area contributed by atoms with Gasteiger partial charge in [0.15, 0.2) is 17.2 Å². The zero-order valence-electron chi connectivity index (χ0n) is 13.5. The first-order valence-corrected chi connectivity index (χ1v) is 7.25. The minimum atomic E-state index is -0.502. The van der Waals surface area contributed by atoms with E-state index < -0.39 is 11.7 Å². The molecule has 0 saturated carbocycles. The summed E-state index contributed by atoms with van der Waals surface area (Å²) in [6.07, 6.45) is 0. The maximum Gasteiger partial charge on any atom is 0.291 e. The van der Waals surface area contributed by atoms with Gasteiger partial charge >= 0.3 is 0 Å². The highest BCUT2D eigenvalue weighted by Crippen LogP contribution is 2.29. The SMILES string of the molecule is COc1cc(NC(=O)c2oc3c(F)cccc3c2C)cc(OC)c1. The van der Waals surface area contributed by atoms with E-state index in [1.807, 2.05) is 0 Å². The van der Waals surface area contributed by atoms with Crippen molar-refractivity contribution in [3.05, 3.63) is 53.5 Å². The molecule has 1 amide bonds. The second-order valence-corrected chi connectivity index (χ2v) is 5.23. The molecule has 0 aliphatic rings. The number of carbonyl (C=O) groups is 1. The number of fused-ring (bicyclic) bond motifs is 1. The molecule has 0 bridgehead atoms. The van der Waals surface area contributed by atoms with Crippen LogP contribution in [-0.2, 0) is 0 Å². The third-order valence-corrected chi connectivity index (χ3v) is 3.73. The van der Waals surface area contributed by atoms with Gasteiger partial charge in [-0.2, -0.15) is 0 Å². The van der Waals surface area contributed by atoms with Gasteiger partial charge < -0.3 is 19.2 Å². The molecule has 3 aromatic rings. The first-order valence-electron chi connectivity index (χ1n) is 7.25. The van der Waals surface area contributed by atoms with Crippen molar-refractivity contribution in [1.82, 2.24) is 0 Å². The number of aryl methyl sites for hydroxylation is 1. The van der Waals surface area contributed by atoms with E-state index in [1.165, 1.54) is 20.3 Å². The quantitative estimate of drug-likeness (QED) is 0.781. The van der Waals surface area contributed by atoms with Crippen LogP contribution in [0.5, 0.6) is 11.5 Å². The Bertz CT molecular complexity index is 895. The Balaban J connectivity index is 1.96. The Kier molecular flexibility index (Phi) is 4.12. The highest BCUT2D eigenvalue weighted by atomic mass is 19.1. The number of para-hydroxylation sites is 1. The summed E-state index contributed by atoms with van der Waals surface area (Å²) in [6, 6.07) is 9.58. The molecule has 0 atom stereocenters. The first-order chi connectivity index (χ1) is 11.5. The van der Waals surface area contributed by atoms with Crippen LogP contribution in [-0.4, -0.2) is 20.1 Å². The predicted octanol–water partition coefficient (Wildman–Crippen LogP) is 4.15. The van der Waals surface area contributed by atoms with Gasteiger partial charge in [-0.25, -0.2) is 4.39 Å². The van der Waals surface area contributed by atoms with Crippen molar-refractivity contribution < 1.29 is 23.1 Å². The van der Waals surface area contributed by atoms with Gasteiger partial charge in [-0.1, -0.05) is 12.1 Å². The molecule has 6 heteroatoms. The third kappa shape index (κ3) is 2.78. The van der Waals surface area contributed by atoms with E-state index in [2.05, 4.69) is 5.32 Å². The average molecular weight is 329 g/mol. The summed E-state index contributed by atoms with van der Waals surface area (Å²) in [6.45, 7) is 1.71. The van der Waals surface area contributed by atoms with Crippen molar-refractivity contribution in [2.24, 2.45) is 0 Å². The molecule has 3 rings (SSSR count). The second-order valence-electron chi connectivity index (χ2n) is 5.23. The standard InChI is InChI=1S/C18H16FNO4/c1-10-14-5-4-6-15(19)17(14)24-16(10)18(21)20-11-7-12(22-2)9-13(8-11)23-3/h4-9H,1-3H3,(H,20,21). The monoisotopic (exact) mass is 329 g/mol. The molecule has 1 N–H and O–H groups in total. The number of hydrogen-bond donors (Lipinski definition) is 1. The van der Waals surface area contributed by atoms with Crippen molar-refractivity contribution in [1.29, 1.82) is 0 Å². The lowest BCUT2D eigenvalue weighted by Crippen LogP contribution is -2.12. The van der Waals surface area contributed by atoms with Crippen LogP contribution in [0.1, 0.15) is 16.1 Å². The molecule has 5 nitrogen and oxygen atoms in total. The lowest BCUT2D eigenvalue weighted by atomic mass is 10.1. The van der Waals surface area contributed by atoms with Gasteiger partial charge in [-0.15, -0.1) is 0 Å². The fraction of sp³-hybridized carbons (Fsp3) is 0.167. The largest absolute Gasteiger partial charge is 0.497 e. The summed E-state index contributed by atoms with van der Waals surface area (Å²) in [5.74, 6) is 0.169. The van der Waals surface area contributed by atoms with Gasteiger partial charge in [0.05, 0.1) is 14.2 Å². The number of nitrogens with one attached hydrogen (secondary N) is 1. The highest BCUT2D eigenvalue weighted by molar-refractivity contribution is 6.06. The maximum absolute atomic E-state index is 13.8. The summed E-state index contributed by atoms with van der Waals surface area (Å²) >= 11 is 0. The van der Waals surface area contributed by atoms with Crippen molar-refractivity contribution in [2.75, 3.05) is 19.5 Å². The average Bonchev–Trinajstić information content (AvgIpc) is 2.93. The molecule has 2 aromatic carbocycles. The third-order valence-electron chi connectivity index (χ3n) is 3.73. The van der Waals surface area contributed by atoms with Crippen molar-refractivity contribution in [3.63, 3.8) is 0 Å². The fourth-order valence-electron chi connectivity index (χ4n) is 2.49. The number of furan rings is 1. The Hall–Kier alpha value is -3.02. The molecule has 0 fully saturated rings. The lowest BCUT2D eigenvalue weighted by molar-refractivity contribution is 0.0997. The number of anilines is 1.